The van der Waals surface area contributed by atoms with Crippen molar-refractivity contribution >= 4 is 17.5 Å². The lowest BCUT2D eigenvalue weighted by Gasteiger charge is -2.17. The van der Waals surface area contributed by atoms with Crippen LogP contribution < -0.4 is 0 Å². The minimum Gasteiger partial charge on any atom is -0.336 e. The fourth-order valence-corrected chi connectivity index (χ4v) is 3.73. The summed E-state index contributed by atoms with van der Waals surface area (Å²) in [5.41, 5.74) is 1.25. The summed E-state index contributed by atoms with van der Waals surface area (Å²) in [5.74, 6) is -0.262. The van der Waals surface area contributed by atoms with Gasteiger partial charge in [-0.05, 0) is 24.6 Å². The molecule has 0 radical (unpaired) electrons. The topological polar surface area (TPSA) is 89.9 Å². The number of carbonyl (C=O) groups is 1. The summed E-state index contributed by atoms with van der Waals surface area (Å²) >= 11 is 5.91. The van der Waals surface area contributed by atoms with Crippen molar-refractivity contribution in [2.24, 2.45) is 0 Å². The number of nitrogens with zero attached hydrogens (tertiary/aromatic N) is 6. The molecule has 0 N–H and O–H groups in total. The molecule has 1 aliphatic heterocycles. The zero-order chi connectivity index (χ0) is 21.4. The number of hydrogen-bond donors (Lipinski definition) is 0. The molecule has 1 saturated heterocycles. The van der Waals surface area contributed by atoms with Crippen molar-refractivity contribution in [1.29, 1.82) is 0 Å². The maximum Gasteiger partial charge on any atom is 0.280 e. The normalized spacial score (nSPS) is 16.1. The Kier molecular flexibility index (Phi) is 4.95. The Hall–Kier alpha value is -3.59. The molecule has 1 amide bonds. The van der Waals surface area contributed by atoms with Gasteiger partial charge in [-0.2, -0.15) is 4.98 Å². The largest absolute Gasteiger partial charge is 0.336 e. The second kappa shape index (κ2) is 7.92. The van der Waals surface area contributed by atoms with Crippen LogP contribution in [0.25, 0.3) is 23.0 Å². The van der Waals surface area contributed by atoms with Crippen LogP contribution in [0.15, 0.2) is 59.3 Å². The molecule has 156 valence electrons. The van der Waals surface area contributed by atoms with Gasteiger partial charge in [-0.3, -0.25) is 4.79 Å². The summed E-state index contributed by atoms with van der Waals surface area (Å²) in [4.78, 5) is 18.7. The van der Waals surface area contributed by atoms with Gasteiger partial charge in [0.15, 0.2) is 5.69 Å². The van der Waals surface area contributed by atoms with Crippen LogP contribution in [0.5, 0.6) is 0 Å². The highest BCUT2D eigenvalue weighted by Crippen LogP contribution is 2.26. The summed E-state index contributed by atoms with van der Waals surface area (Å²) in [7, 11) is 0. The molecule has 4 aromatic rings. The lowest BCUT2D eigenvalue weighted by molar-refractivity contribution is 0.0782. The molecule has 3 heterocycles. The molecular weight excluding hydrogens is 423 g/mol. The molecule has 2 aromatic carbocycles. The van der Waals surface area contributed by atoms with E-state index >= 15 is 0 Å². The first-order valence-electron chi connectivity index (χ1n) is 9.64. The Morgan fingerprint density at radius 2 is 2.03 bits per heavy atom. The Morgan fingerprint density at radius 3 is 2.87 bits per heavy atom. The van der Waals surface area contributed by atoms with Crippen LogP contribution >= 0.6 is 11.6 Å². The number of hydrogen-bond acceptors (Lipinski definition) is 6. The summed E-state index contributed by atoms with van der Waals surface area (Å²) in [6.45, 7) is 0.857. The van der Waals surface area contributed by atoms with E-state index in [0.29, 0.717) is 36.1 Å². The number of aromatic nitrogens is 5. The van der Waals surface area contributed by atoms with E-state index in [1.54, 1.807) is 15.8 Å². The fraction of sp³-hybridized carbons (Fsp3) is 0.190. The van der Waals surface area contributed by atoms with Crippen molar-refractivity contribution in [3.8, 4) is 23.0 Å². The van der Waals surface area contributed by atoms with E-state index in [0.717, 1.165) is 5.56 Å². The molecule has 1 unspecified atom stereocenters. The number of carbonyl (C=O) groups excluding carboxylic acids is 1. The second-order valence-corrected chi connectivity index (χ2v) is 7.63. The van der Waals surface area contributed by atoms with E-state index in [9.17, 15) is 9.18 Å². The van der Waals surface area contributed by atoms with Crippen LogP contribution in [0, 0.1) is 5.82 Å². The Labute approximate surface area is 181 Å². The Balaban J connectivity index is 1.30. The molecule has 5 rings (SSSR count). The van der Waals surface area contributed by atoms with E-state index in [1.807, 2.05) is 30.3 Å². The maximum atomic E-state index is 14.1. The van der Waals surface area contributed by atoms with Gasteiger partial charge >= 0.3 is 0 Å². The second-order valence-electron chi connectivity index (χ2n) is 7.19. The third-order valence-electron chi connectivity index (χ3n) is 5.17. The fourth-order valence-electron chi connectivity index (χ4n) is 3.56. The summed E-state index contributed by atoms with van der Waals surface area (Å²) in [6, 6.07) is 13.3. The van der Waals surface area contributed by atoms with Crippen molar-refractivity contribution in [3.05, 3.63) is 71.1 Å². The quantitative estimate of drug-likeness (QED) is 0.480. The van der Waals surface area contributed by atoms with Crippen LogP contribution in [0.1, 0.15) is 22.8 Å². The van der Waals surface area contributed by atoms with Crippen molar-refractivity contribution in [2.75, 3.05) is 13.1 Å². The van der Waals surface area contributed by atoms with E-state index in [-0.39, 0.29) is 17.5 Å². The van der Waals surface area contributed by atoms with Gasteiger partial charge in [-0.15, -0.1) is 5.10 Å². The minimum absolute atomic E-state index is 0.0354. The number of amides is 1. The number of benzene rings is 2. The predicted octanol–water partition coefficient (Wildman–Crippen LogP) is 3.87. The average molecular weight is 439 g/mol. The zero-order valence-corrected chi connectivity index (χ0v) is 16.9. The first kappa shape index (κ1) is 19.4. The number of likely N-dealkylation sites (tertiary alicyclic amines) is 1. The standard InChI is InChI=1S/C21H16ClFN6O2/c22-14-6-7-17(23)16(10-14)21(30)28-9-8-15(11-28)29-12-18(25-27-29)20-24-19(26-31-20)13-4-2-1-3-5-13/h1-7,10,12,15H,8-9,11H2. The van der Waals surface area contributed by atoms with Crippen LogP contribution in [0.3, 0.4) is 0 Å². The van der Waals surface area contributed by atoms with Gasteiger partial charge in [0.2, 0.25) is 5.82 Å². The molecule has 0 bridgehead atoms. The van der Waals surface area contributed by atoms with Gasteiger partial charge in [0.1, 0.15) is 5.82 Å². The first-order chi connectivity index (χ1) is 15.1. The van der Waals surface area contributed by atoms with Gasteiger partial charge in [0.05, 0.1) is 17.8 Å². The van der Waals surface area contributed by atoms with E-state index in [2.05, 4.69) is 20.5 Å². The summed E-state index contributed by atoms with van der Waals surface area (Å²) in [5, 5.41) is 12.6. The summed E-state index contributed by atoms with van der Waals surface area (Å²) in [6.07, 6.45) is 2.37. The first-order valence-corrected chi connectivity index (χ1v) is 10.0. The molecule has 0 saturated carbocycles. The van der Waals surface area contributed by atoms with Crippen molar-refractivity contribution in [1.82, 2.24) is 30.0 Å². The number of halogens is 2. The van der Waals surface area contributed by atoms with E-state index in [1.165, 1.54) is 18.2 Å². The molecular formula is C21H16ClFN6O2. The van der Waals surface area contributed by atoms with Gasteiger partial charge in [0.25, 0.3) is 11.8 Å². The number of rotatable bonds is 4. The average Bonchev–Trinajstić information content (AvgIpc) is 3.55. The van der Waals surface area contributed by atoms with Crippen LogP contribution in [-0.4, -0.2) is 49.0 Å². The molecule has 1 fully saturated rings. The molecule has 1 aliphatic rings. The van der Waals surface area contributed by atoms with Gasteiger partial charge in [0, 0.05) is 23.7 Å². The lowest BCUT2D eigenvalue weighted by Crippen LogP contribution is -2.30. The van der Waals surface area contributed by atoms with Gasteiger partial charge < -0.3 is 9.42 Å². The highest BCUT2D eigenvalue weighted by Gasteiger charge is 2.30. The molecule has 10 heteroatoms. The predicted molar refractivity (Wildman–Crippen MR) is 110 cm³/mol. The highest BCUT2D eigenvalue weighted by atomic mass is 35.5. The van der Waals surface area contributed by atoms with Crippen LogP contribution in [0.4, 0.5) is 4.39 Å². The third-order valence-corrected chi connectivity index (χ3v) is 5.41. The maximum absolute atomic E-state index is 14.1. The SMILES string of the molecule is O=C(c1cc(Cl)ccc1F)N1CCC(n2cc(-c3nc(-c4ccccc4)no3)nn2)C1. The molecule has 2 aromatic heterocycles. The van der Waals surface area contributed by atoms with Gasteiger partial charge in [-0.25, -0.2) is 9.07 Å². The Morgan fingerprint density at radius 1 is 1.19 bits per heavy atom. The molecule has 31 heavy (non-hydrogen) atoms. The summed E-state index contributed by atoms with van der Waals surface area (Å²) < 4.78 is 21.0. The smallest absolute Gasteiger partial charge is 0.280 e. The molecule has 0 spiro atoms. The van der Waals surface area contributed by atoms with E-state index < -0.39 is 11.7 Å². The highest BCUT2D eigenvalue weighted by molar-refractivity contribution is 6.31. The lowest BCUT2D eigenvalue weighted by atomic mass is 10.2. The minimum atomic E-state index is -0.591. The van der Waals surface area contributed by atoms with E-state index in [4.69, 9.17) is 16.1 Å². The monoisotopic (exact) mass is 438 g/mol. The molecule has 0 aliphatic carbocycles. The van der Waals surface area contributed by atoms with Crippen LogP contribution in [0.2, 0.25) is 5.02 Å². The molecule has 1 atom stereocenters. The van der Waals surface area contributed by atoms with Crippen LogP contribution in [-0.2, 0) is 0 Å². The Bertz CT molecular complexity index is 1240. The van der Waals surface area contributed by atoms with Crippen molar-refractivity contribution in [3.63, 3.8) is 0 Å². The molecule has 8 nitrogen and oxygen atoms in total. The third kappa shape index (κ3) is 3.79. The van der Waals surface area contributed by atoms with Crippen molar-refractivity contribution < 1.29 is 13.7 Å². The zero-order valence-electron chi connectivity index (χ0n) is 16.2. The van der Waals surface area contributed by atoms with Gasteiger partial charge in [-0.1, -0.05) is 52.3 Å². The van der Waals surface area contributed by atoms with Crippen molar-refractivity contribution in [2.45, 2.75) is 12.5 Å².